The number of nitrogens with zero attached hydrogens (tertiary/aromatic N) is 1. The van der Waals surface area contributed by atoms with Crippen LogP contribution in [0.3, 0.4) is 0 Å². The quantitative estimate of drug-likeness (QED) is 0.641. The third-order valence-electron chi connectivity index (χ3n) is 2.18. The van der Waals surface area contributed by atoms with E-state index in [1.165, 1.54) is 11.8 Å². The van der Waals surface area contributed by atoms with Gasteiger partial charge in [-0.3, -0.25) is 9.59 Å². The molecular formula is C11H22N2O3S. The van der Waals surface area contributed by atoms with Crippen LogP contribution in [0.15, 0.2) is 0 Å². The van der Waals surface area contributed by atoms with Crippen molar-refractivity contribution < 1.29 is 14.7 Å². The molecule has 0 aromatic rings. The summed E-state index contributed by atoms with van der Waals surface area (Å²) in [5, 5.41) is 8.59. The Morgan fingerprint density at radius 2 is 1.82 bits per heavy atom. The van der Waals surface area contributed by atoms with Crippen LogP contribution in [0.4, 0.5) is 0 Å². The van der Waals surface area contributed by atoms with Gasteiger partial charge in [0.15, 0.2) is 0 Å². The first-order valence-electron chi connectivity index (χ1n) is 5.86. The number of carbonyl (C=O) groups excluding carboxylic acids is 1. The molecular weight excluding hydrogens is 240 g/mol. The fourth-order valence-corrected chi connectivity index (χ4v) is 2.21. The number of hydrogen-bond donors (Lipinski definition) is 2. The van der Waals surface area contributed by atoms with E-state index >= 15 is 0 Å². The molecule has 0 spiro atoms. The standard InChI is InChI=1S/C11H22N2O3S/c1-3-5-13(6-4-2)10(14)8-17-7-9(12)11(15)16/h9H,3-8,12H2,1-2H3,(H,15,16)/t9-/m0/s1. The summed E-state index contributed by atoms with van der Waals surface area (Å²) in [5.41, 5.74) is 5.35. The van der Waals surface area contributed by atoms with Gasteiger partial charge in [0.2, 0.25) is 5.91 Å². The molecule has 0 unspecified atom stereocenters. The van der Waals surface area contributed by atoms with E-state index in [1.807, 2.05) is 18.7 Å². The van der Waals surface area contributed by atoms with E-state index in [0.717, 1.165) is 25.9 Å². The summed E-state index contributed by atoms with van der Waals surface area (Å²) in [6.07, 6.45) is 1.87. The van der Waals surface area contributed by atoms with Gasteiger partial charge < -0.3 is 15.7 Å². The van der Waals surface area contributed by atoms with Gasteiger partial charge in [-0.15, -0.1) is 11.8 Å². The molecule has 1 amide bonds. The lowest BCUT2D eigenvalue weighted by molar-refractivity contribution is -0.138. The molecule has 0 saturated carbocycles. The lowest BCUT2D eigenvalue weighted by atomic mass is 10.3. The smallest absolute Gasteiger partial charge is 0.321 e. The zero-order valence-corrected chi connectivity index (χ0v) is 11.3. The highest BCUT2D eigenvalue weighted by Crippen LogP contribution is 2.05. The maximum absolute atomic E-state index is 11.8. The minimum Gasteiger partial charge on any atom is -0.480 e. The fraction of sp³-hybridized carbons (Fsp3) is 0.818. The van der Waals surface area contributed by atoms with Crippen molar-refractivity contribution in [3.63, 3.8) is 0 Å². The Morgan fingerprint density at radius 3 is 2.24 bits per heavy atom. The van der Waals surface area contributed by atoms with Crippen molar-refractivity contribution >= 4 is 23.6 Å². The first-order valence-corrected chi connectivity index (χ1v) is 7.02. The summed E-state index contributed by atoms with van der Waals surface area (Å²) in [5.74, 6) is -0.381. The number of hydrogen-bond acceptors (Lipinski definition) is 4. The monoisotopic (exact) mass is 262 g/mol. The SMILES string of the molecule is CCCN(CCC)C(=O)CSC[C@H](N)C(=O)O. The molecule has 5 nitrogen and oxygen atoms in total. The molecule has 0 bridgehead atoms. The number of carboxylic acid groups (broad SMARTS) is 1. The fourth-order valence-electron chi connectivity index (χ4n) is 1.34. The van der Waals surface area contributed by atoms with Crippen molar-refractivity contribution in [2.24, 2.45) is 5.73 Å². The highest BCUT2D eigenvalue weighted by atomic mass is 32.2. The van der Waals surface area contributed by atoms with Gasteiger partial charge >= 0.3 is 5.97 Å². The highest BCUT2D eigenvalue weighted by Gasteiger charge is 2.15. The Labute approximate surface area is 107 Å². The zero-order chi connectivity index (χ0) is 13.3. The van der Waals surface area contributed by atoms with E-state index in [9.17, 15) is 9.59 Å². The first-order chi connectivity index (χ1) is 8.02. The number of nitrogens with two attached hydrogens (primary N) is 1. The summed E-state index contributed by atoms with van der Waals surface area (Å²) in [6.45, 7) is 5.59. The molecule has 0 aliphatic heterocycles. The second-order valence-electron chi connectivity index (χ2n) is 3.84. The summed E-state index contributed by atoms with van der Waals surface area (Å²) in [7, 11) is 0. The minimum atomic E-state index is -1.02. The summed E-state index contributed by atoms with van der Waals surface area (Å²) in [6, 6.07) is -0.890. The van der Waals surface area contributed by atoms with E-state index in [2.05, 4.69) is 0 Å². The van der Waals surface area contributed by atoms with Gasteiger partial charge in [0.1, 0.15) is 6.04 Å². The summed E-state index contributed by atoms with van der Waals surface area (Å²) in [4.78, 5) is 24.1. The minimum absolute atomic E-state index is 0.0660. The molecule has 6 heteroatoms. The molecule has 0 radical (unpaired) electrons. The van der Waals surface area contributed by atoms with Gasteiger partial charge in [-0.1, -0.05) is 13.8 Å². The molecule has 1 atom stereocenters. The van der Waals surface area contributed by atoms with E-state index in [1.54, 1.807) is 0 Å². The van der Waals surface area contributed by atoms with Crippen LogP contribution in [-0.2, 0) is 9.59 Å². The molecule has 100 valence electrons. The molecule has 0 fully saturated rings. The Balaban J connectivity index is 3.92. The summed E-state index contributed by atoms with van der Waals surface area (Å²) < 4.78 is 0. The van der Waals surface area contributed by atoms with Crippen LogP contribution in [0.2, 0.25) is 0 Å². The number of carboxylic acids is 1. The molecule has 0 aromatic heterocycles. The molecule has 0 aliphatic carbocycles. The number of amides is 1. The van der Waals surface area contributed by atoms with Crippen LogP contribution in [0.5, 0.6) is 0 Å². The maximum Gasteiger partial charge on any atom is 0.321 e. The molecule has 0 rings (SSSR count). The van der Waals surface area contributed by atoms with Crippen molar-refractivity contribution in [1.82, 2.24) is 4.90 Å². The number of aliphatic carboxylic acids is 1. The average Bonchev–Trinajstić information content (AvgIpc) is 2.28. The van der Waals surface area contributed by atoms with E-state index < -0.39 is 12.0 Å². The van der Waals surface area contributed by atoms with Crippen LogP contribution >= 0.6 is 11.8 Å². The number of carbonyl (C=O) groups is 2. The van der Waals surface area contributed by atoms with Crippen LogP contribution in [-0.4, -0.2) is 52.5 Å². The summed E-state index contributed by atoms with van der Waals surface area (Å²) >= 11 is 1.28. The van der Waals surface area contributed by atoms with Gasteiger partial charge in [-0.25, -0.2) is 0 Å². The van der Waals surface area contributed by atoms with Crippen molar-refractivity contribution in [1.29, 1.82) is 0 Å². The van der Waals surface area contributed by atoms with Gasteiger partial charge in [0, 0.05) is 18.8 Å². The van der Waals surface area contributed by atoms with Crippen molar-refractivity contribution in [2.75, 3.05) is 24.6 Å². The second-order valence-corrected chi connectivity index (χ2v) is 4.87. The number of thioether (sulfide) groups is 1. The third-order valence-corrected chi connectivity index (χ3v) is 3.23. The molecule has 0 aliphatic rings. The molecule has 0 aromatic carbocycles. The highest BCUT2D eigenvalue weighted by molar-refractivity contribution is 8.00. The molecule has 0 saturated heterocycles. The van der Waals surface area contributed by atoms with Crippen LogP contribution in [0.1, 0.15) is 26.7 Å². The molecule has 17 heavy (non-hydrogen) atoms. The van der Waals surface area contributed by atoms with Crippen molar-refractivity contribution in [3.8, 4) is 0 Å². The maximum atomic E-state index is 11.8. The van der Waals surface area contributed by atoms with Crippen molar-refractivity contribution in [2.45, 2.75) is 32.7 Å². The average molecular weight is 262 g/mol. The van der Waals surface area contributed by atoms with Crippen LogP contribution in [0.25, 0.3) is 0 Å². The van der Waals surface area contributed by atoms with Gasteiger partial charge in [0.05, 0.1) is 5.75 Å². The largest absolute Gasteiger partial charge is 0.480 e. The Kier molecular flexibility index (Phi) is 8.89. The van der Waals surface area contributed by atoms with E-state index in [-0.39, 0.29) is 11.7 Å². The Bertz CT molecular complexity index is 243. The number of rotatable bonds is 9. The predicted molar refractivity (Wildman–Crippen MR) is 70.1 cm³/mol. The van der Waals surface area contributed by atoms with Crippen molar-refractivity contribution in [3.05, 3.63) is 0 Å². The molecule has 0 heterocycles. The normalized spacial score (nSPS) is 12.2. The van der Waals surface area contributed by atoms with Gasteiger partial charge in [-0.2, -0.15) is 0 Å². The van der Waals surface area contributed by atoms with Gasteiger partial charge in [0.25, 0.3) is 0 Å². The zero-order valence-electron chi connectivity index (χ0n) is 10.5. The van der Waals surface area contributed by atoms with E-state index in [0.29, 0.717) is 5.75 Å². The Morgan fingerprint density at radius 1 is 1.29 bits per heavy atom. The Hall–Kier alpha value is -0.750. The predicted octanol–water partition coefficient (Wildman–Crippen LogP) is 0.780. The van der Waals surface area contributed by atoms with Crippen LogP contribution < -0.4 is 5.73 Å². The lowest BCUT2D eigenvalue weighted by Crippen LogP contribution is -2.36. The topological polar surface area (TPSA) is 83.6 Å². The first kappa shape index (κ1) is 16.2. The van der Waals surface area contributed by atoms with Gasteiger partial charge in [-0.05, 0) is 12.8 Å². The lowest BCUT2D eigenvalue weighted by Gasteiger charge is -2.21. The van der Waals surface area contributed by atoms with E-state index in [4.69, 9.17) is 10.8 Å². The van der Waals surface area contributed by atoms with Crippen LogP contribution in [0, 0.1) is 0 Å². The third kappa shape index (κ3) is 7.23. The second kappa shape index (κ2) is 9.30. The molecule has 3 N–H and O–H groups in total.